The molecule has 8 heteroatoms. The van der Waals surface area contributed by atoms with Crippen LogP contribution < -0.4 is 5.73 Å². The van der Waals surface area contributed by atoms with E-state index < -0.39 is 11.7 Å². The number of carbonyl (C=O) groups is 2. The van der Waals surface area contributed by atoms with Crippen LogP contribution in [0.2, 0.25) is 0 Å². The van der Waals surface area contributed by atoms with E-state index in [1.165, 1.54) is 17.2 Å². The summed E-state index contributed by atoms with van der Waals surface area (Å²) < 4.78 is 16.1. The van der Waals surface area contributed by atoms with Crippen LogP contribution in [0.5, 0.6) is 0 Å². The second-order valence-corrected chi connectivity index (χ2v) is 9.51. The predicted octanol–water partition coefficient (Wildman–Crippen LogP) is 4.46. The number of hydroxylamine groups is 2. The van der Waals surface area contributed by atoms with Crippen LogP contribution in [0, 0.1) is 29.0 Å². The molecule has 1 aliphatic carbocycles. The lowest BCUT2D eigenvalue weighted by Gasteiger charge is -2.32. The minimum atomic E-state index is -0.487. The number of nitriles is 1. The average Bonchev–Trinajstić information content (AvgIpc) is 3.51. The number of rotatable bonds is 5. The summed E-state index contributed by atoms with van der Waals surface area (Å²) in [6.07, 6.45) is 5.93. The van der Waals surface area contributed by atoms with Crippen LogP contribution in [0.15, 0.2) is 48.7 Å². The first-order valence-corrected chi connectivity index (χ1v) is 12.0. The smallest absolute Gasteiger partial charge is 0.249 e. The number of hydrogen-bond donors (Lipinski definition) is 1. The van der Waals surface area contributed by atoms with Crippen LogP contribution in [-0.2, 0) is 16.2 Å². The fourth-order valence-electron chi connectivity index (χ4n) is 5.40. The van der Waals surface area contributed by atoms with Gasteiger partial charge in [0.15, 0.2) is 0 Å². The summed E-state index contributed by atoms with van der Waals surface area (Å²) in [4.78, 5) is 30.6. The standard InChI is InChI=1S/C27H27FN4O3/c28-23-12-18(15-29)11-22(13-23)24-8-10-35-32(24)27(34)20-3-1-17(2-4-20)16-31-9-7-19-5-6-21(26(30)33)14-25(19)31/h5-7,9,11-14,17,20,24H,1-4,8,10,16H2,(H2,30,33)/t17?,20?,24-/m0/s1. The van der Waals surface area contributed by atoms with Crippen molar-refractivity contribution in [1.82, 2.24) is 9.63 Å². The highest BCUT2D eigenvalue weighted by molar-refractivity contribution is 5.97. The van der Waals surface area contributed by atoms with Crippen LogP contribution in [0.1, 0.15) is 59.6 Å². The molecule has 7 nitrogen and oxygen atoms in total. The number of nitrogens with two attached hydrogens (primary N) is 1. The van der Waals surface area contributed by atoms with Gasteiger partial charge in [-0.2, -0.15) is 5.26 Å². The summed E-state index contributed by atoms with van der Waals surface area (Å²) in [6, 6.07) is 13.3. The van der Waals surface area contributed by atoms with Crippen molar-refractivity contribution in [2.75, 3.05) is 6.61 Å². The first kappa shape index (κ1) is 23.1. The van der Waals surface area contributed by atoms with Crippen molar-refractivity contribution in [3.63, 3.8) is 0 Å². The van der Waals surface area contributed by atoms with Gasteiger partial charge >= 0.3 is 0 Å². The zero-order chi connectivity index (χ0) is 24.5. The summed E-state index contributed by atoms with van der Waals surface area (Å²) >= 11 is 0. The van der Waals surface area contributed by atoms with Crippen molar-refractivity contribution in [2.24, 2.45) is 17.6 Å². The Balaban J connectivity index is 1.23. The van der Waals surface area contributed by atoms with Gasteiger partial charge in [-0.25, -0.2) is 9.45 Å². The van der Waals surface area contributed by atoms with Crippen molar-refractivity contribution in [1.29, 1.82) is 5.26 Å². The van der Waals surface area contributed by atoms with Crippen LogP contribution in [0.3, 0.4) is 0 Å². The van der Waals surface area contributed by atoms with Crippen molar-refractivity contribution >= 4 is 22.7 Å². The molecule has 0 bridgehead atoms. The largest absolute Gasteiger partial charge is 0.366 e. The molecule has 2 amide bonds. The number of nitrogens with zero attached hydrogens (tertiary/aromatic N) is 3. The van der Waals surface area contributed by atoms with Crippen molar-refractivity contribution in [2.45, 2.75) is 44.7 Å². The fourth-order valence-corrected chi connectivity index (χ4v) is 5.40. The van der Waals surface area contributed by atoms with Gasteiger partial charge in [0.05, 0.1) is 24.3 Å². The Morgan fingerprint density at radius 3 is 2.63 bits per heavy atom. The molecular formula is C27H27FN4O3. The van der Waals surface area contributed by atoms with E-state index in [4.69, 9.17) is 10.6 Å². The Labute approximate surface area is 202 Å². The van der Waals surface area contributed by atoms with E-state index in [2.05, 4.69) is 4.57 Å². The third-order valence-corrected chi connectivity index (χ3v) is 7.27. The Kier molecular flexibility index (Phi) is 6.27. The fraction of sp³-hybridized carbons (Fsp3) is 0.370. The van der Waals surface area contributed by atoms with E-state index in [0.29, 0.717) is 30.1 Å². The van der Waals surface area contributed by atoms with Crippen molar-refractivity contribution in [3.8, 4) is 6.07 Å². The van der Waals surface area contributed by atoms with Crippen molar-refractivity contribution in [3.05, 3.63) is 71.2 Å². The molecule has 3 aromatic rings. The van der Waals surface area contributed by atoms with Crippen LogP contribution in [-0.4, -0.2) is 28.1 Å². The zero-order valence-electron chi connectivity index (χ0n) is 19.3. The minimum Gasteiger partial charge on any atom is -0.366 e. The molecule has 1 saturated heterocycles. The molecular weight excluding hydrogens is 447 g/mol. The maximum atomic E-state index is 14.0. The monoisotopic (exact) mass is 474 g/mol. The van der Waals surface area contributed by atoms with E-state index in [-0.39, 0.29) is 23.4 Å². The molecule has 2 aliphatic rings. The molecule has 2 fully saturated rings. The number of amides is 2. The predicted molar refractivity (Wildman–Crippen MR) is 127 cm³/mol. The Morgan fingerprint density at radius 2 is 1.89 bits per heavy atom. The molecule has 1 aliphatic heterocycles. The van der Waals surface area contributed by atoms with Gasteiger partial charge < -0.3 is 10.3 Å². The second-order valence-electron chi connectivity index (χ2n) is 9.51. The van der Waals surface area contributed by atoms with Crippen LogP contribution >= 0.6 is 0 Å². The van der Waals surface area contributed by atoms with Gasteiger partial charge in [0.1, 0.15) is 5.82 Å². The number of benzene rings is 2. The molecule has 2 N–H and O–H groups in total. The van der Waals surface area contributed by atoms with Crippen LogP contribution in [0.4, 0.5) is 4.39 Å². The summed E-state index contributed by atoms with van der Waals surface area (Å²) in [5, 5.41) is 11.6. The first-order chi connectivity index (χ1) is 16.9. The number of aromatic nitrogens is 1. The molecule has 1 atom stereocenters. The van der Waals surface area contributed by atoms with Gasteiger partial charge in [0, 0.05) is 36.2 Å². The Hall–Kier alpha value is -3.70. The summed E-state index contributed by atoms with van der Waals surface area (Å²) in [5.74, 6) is -0.712. The Bertz CT molecular complexity index is 1320. The van der Waals surface area contributed by atoms with Gasteiger partial charge in [0.2, 0.25) is 11.8 Å². The third-order valence-electron chi connectivity index (χ3n) is 7.27. The lowest BCUT2D eigenvalue weighted by atomic mass is 9.81. The first-order valence-electron chi connectivity index (χ1n) is 12.0. The molecule has 0 radical (unpaired) electrons. The molecule has 35 heavy (non-hydrogen) atoms. The van der Waals surface area contributed by atoms with Gasteiger partial charge in [-0.1, -0.05) is 6.07 Å². The quantitative estimate of drug-likeness (QED) is 0.590. The number of carbonyl (C=O) groups excluding carboxylic acids is 2. The lowest BCUT2D eigenvalue weighted by Crippen LogP contribution is -2.37. The highest BCUT2D eigenvalue weighted by atomic mass is 19.1. The van der Waals surface area contributed by atoms with E-state index >= 15 is 0 Å². The molecule has 5 rings (SSSR count). The summed E-state index contributed by atoms with van der Waals surface area (Å²) in [6.45, 7) is 1.20. The molecule has 0 spiro atoms. The SMILES string of the molecule is N#Cc1cc(F)cc([C@@H]2CCON2C(=O)C2CCC(Cn3ccc4ccc(C(N)=O)cc43)CC2)c1. The molecule has 180 valence electrons. The number of primary amides is 1. The third kappa shape index (κ3) is 4.64. The molecule has 1 saturated carbocycles. The minimum absolute atomic E-state index is 0.0637. The van der Waals surface area contributed by atoms with Gasteiger partial charge in [-0.15, -0.1) is 0 Å². The molecule has 2 heterocycles. The summed E-state index contributed by atoms with van der Waals surface area (Å²) in [7, 11) is 0. The van der Waals surface area contributed by atoms with Gasteiger partial charge in [-0.05, 0) is 78.9 Å². The lowest BCUT2D eigenvalue weighted by molar-refractivity contribution is -0.183. The summed E-state index contributed by atoms with van der Waals surface area (Å²) in [5.41, 5.74) is 7.75. The Morgan fingerprint density at radius 1 is 1.09 bits per heavy atom. The topological polar surface area (TPSA) is 101 Å². The highest BCUT2D eigenvalue weighted by Crippen LogP contribution is 2.37. The number of fused-ring (bicyclic) bond motifs is 1. The van der Waals surface area contributed by atoms with E-state index in [0.717, 1.165) is 43.1 Å². The molecule has 2 aromatic carbocycles. The molecule has 1 aromatic heterocycles. The maximum absolute atomic E-state index is 14.0. The number of hydrogen-bond acceptors (Lipinski definition) is 4. The highest BCUT2D eigenvalue weighted by Gasteiger charge is 2.37. The average molecular weight is 475 g/mol. The van der Waals surface area contributed by atoms with Crippen molar-refractivity contribution < 1.29 is 18.8 Å². The molecule has 0 unspecified atom stereocenters. The maximum Gasteiger partial charge on any atom is 0.249 e. The zero-order valence-corrected chi connectivity index (χ0v) is 19.3. The van der Waals surface area contributed by atoms with E-state index in [1.807, 2.05) is 30.5 Å². The van der Waals surface area contributed by atoms with Crippen LogP contribution in [0.25, 0.3) is 10.9 Å². The number of halogens is 1. The van der Waals surface area contributed by atoms with Gasteiger partial charge in [-0.3, -0.25) is 14.4 Å². The van der Waals surface area contributed by atoms with Gasteiger partial charge in [0.25, 0.3) is 0 Å². The van der Waals surface area contributed by atoms with E-state index in [1.54, 1.807) is 12.1 Å². The van der Waals surface area contributed by atoms with E-state index in [9.17, 15) is 19.2 Å². The second kappa shape index (κ2) is 9.51. The normalized spacial score (nSPS) is 22.3.